The minimum Gasteiger partial charge on any atom is -0.496 e. The lowest BCUT2D eigenvalue weighted by atomic mass is 9.99. The van der Waals surface area contributed by atoms with Gasteiger partial charge in [0.1, 0.15) is 5.75 Å². The van der Waals surface area contributed by atoms with Crippen LogP contribution in [0.3, 0.4) is 0 Å². The van der Waals surface area contributed by atoms with E-state index in [0.717, 1.165) is 21.5 Å². The van der Waals surface area contributed by atoms with Crippen molar-refractivity contribution < 1.29 is 22.7 Å². The number of aromatic nitrogens is 4. The fraction of sp³-hybridized carbons (Fsp3) is 0.211. The molecule has 0 aliphatic rings. The zero-order valence-electron chi connectivity index (χ0n) is 16.3. The number of rotatable bonds is 5. The van der Waals surface area contributed by atoms with E-state index in [1.54, 1.807) is 25.1 Å². The third kappa shape index (κ3) is 3.79. The smallest absolute Gasteiger partial charge is 0.416 e. The molecule has 1 heterocycles. The molecule has 0 fully saturated rings. The molecule has 0 spiro atoms. The number of nitrogens with zero attached hydrogens (tertiary/aromatic N) is 4. The lowest BCUT2D eigenvalue weighted by Gasteiger charge is -2.17. The standard InChI is InChI=1S/C19H18F3N5O3/c1-11(12-6-4-7-13(10-12)19(20,21)22)17(30-23)16-14(8-5-9-15(16)29-3)27-18(28)26(2)24-25-27/h4-10H,23H2,1-3H3/b17-11+. The van der Waals surface area contributed by atoms with Gasteiger partial charge in [-0.25, -0.2) is 4.79 Å². The first-order valence-electron chi connectivity index (χ1n) is 8.61. The quantitative estimate of drug-likeness (QED) is 0.387. The van der Waals surface area contributed by atoms with Crippen LogP contribution in [-0.4, -0.2) is 26.9 Å². The van der Waals surface area contributed by atoms with Crippen molar-refractivity contribution in [1.29, 1.82) is 0 Å². The van der Waals surface area contributed by atoms with Gasteiger partial charge in [0, 0.05) is 12.6 Å². The summed E-state index contributed by atoms with van der Waals surface area (Å²) in [5.41, 5.74) is -0.363. The number of aryl methyl sites for hydroxylation is 1. The predicted molar refractivity (Wildman–Crippen MR) is 102 cm³/mol. The number of halogens is 3. The highest BCUT2D eigenvalue weighted by Gasteiger charge is 2.31. The van der Waals surface area contributed by atoms with Crippen LogP contribution in [0.1, 0.15) is 23.6 Å². The maximum Gasteiger partial charge on any atom is 0.416 e. The van der Waals surface area contributed by atoms with Gasteiger partial charge in [0.25, 0.3) is 0 Å². The van der Waals surface area contributed by atoms with E-state index in [9.17, 15) is 18.0 Å². The topological polar surface area (TPSA) is 97.2 Å². The molecule has 0 saturated heterocycles. The molecule has 0 aliphatic carbocycles. The summed E-state index contributed by atoms with van der Waals surface area (Å²) < 4.78 is 46.8. The first-order valence-corrected chi connectivity index (χ1v) is 8.61. The molecule has 8 nitrogen and oxygen atoms in total. The second kappa shape index (κ2) is 8.03. The van der Waals surface area contributed by atoms with Crippen LogP contribution in [0.25, 0.3) is 17.0 Å². The molecule has 30 heavy (non-hydrogen) atoms. The predicted octanol–water partition coefficient (Wildman–Crippen LogP) is 2.77. The summed E-state index contributed by atoms with van der Waals surface area (Å²) in [5, 5.41) is 7.49. The molecule has 3 aromatic rings. The van der Waals surface area contributed by atoms with Crippen LogP contribution in [-0.2, 0) is 18.1 Å². The number of hydrogen-bond donors (Lipinski definition) is 1. The van der Waals surface area contributed by atoms with Crippen LogP contribution in [0.4, 0.5) is 13.2 Å². The largest absolute Gasteiger partial charge is 0.496 e. The van der Waals surface area contributed by atoms with Crippen LogP contribution in [0, 0.1) is 0 Å². The van der Waals surface area contributed by atoms with Gasteiger partial charge in [0.05, 0.1) is 23.9 Å². The maximum absolute atomic E-state index is 13.1. The van der Waals surface area contributed by atoms with Gasteiger partial charge >= 0.3 is 11.9 Å². The normalized spacial score (nSPS) is 12.5. The molecule has 2 aromatic carbocycles. The van der Waals surface area contributed by atoms with E-state index < -0.39 is 17.4 Å². The summed E-state index contributed by atoms with van der Waals surface area (Å²) in [6.45, 7) is 1.55. The van der Waals surface area contributed by atoms with Crippen molar-refractivity contribution in [3.8, 4) is 11.4 Å². The Morgan fingerprint density at radius 1 is 1.13 bits per heavy atom. The molecule has 0 amide bonds. The molecular formula is C19H18F3N5O3. The number of allylic oxidation sites excluding steroid dienone is 1. The Hall–Kier alpha value is -3.60. The van der Waals surface area contributed by atoms with Crippen LogP contribution in [0.5, 0.6) is 5.75 Å². The van der Waals surface area contributed by atoms with Crippen molar-refractivity contribution >= 4 is 11.3 Å². The van der Waals surface area contributed by atoms with Crippen molar-refractivity contribution in [2.24, 2.45) is 12.9 Å². The van der Waals surface area contributed by atoms with Gasteiger partial charge < -0.3 is 9.57 Å². The SMILES string of the molecule is COc1cccc(-n2nnn(C)c2=O)c1/C(ON)=C(/C)c1cccc(C(F)(F)F)c1. The van der Waals surface area contributed by atoms with Gasteiger partial charge in [-0.05, 0) is 47.2 Å². The van der Waals surface area contributed by atoms with Crippen LogP contribution < -0.4 is 16.3 Å². The Morgan fingerprint density at radius 3 is 2.40 bits per heavy atom. The Kier molecular flexibility index (Phi) is 5.65. The Balaban J connectivity index is 2.29. The molecular weight excluding hydrogens is 403 g/mol. The van der Waals surface area contributed by atoms with Crippen molar-refractivity contribution in [3.63, 3.8) is 0 Å². The number of tetrazole rings is 1. The van der Waals surface area contributed by atoms with Gasteiger partial charge in [-0.1, -0.05) is 18.2 Å². The zero-order valence-corrected chi connectivity index (χ0v) is 16.3. The van der Waals surface area contributed by atoms with Gasteiger partial charge in [0.2, 0.25) is 0 Å². The molecule has 0 saturated carbocycles. The van der Waals surface area contributed by atoms with Crippen LogP contribution in [0.2, 0.25) is 0 Å². The van der Waals surface area contributed by atoms with Gasteiger partial charge in [-0.2, -0.15) is 28.4 Å². The first kappa shape index (κ1) is 21.1. The minimum atomic E-state index is -4.51. The van der Waals surface area contributed by atoms with Crippen LogP contribution in [0.15, 0.2) is 47.3 Å². The number of methoxy groups -OCH3 is 1. The number of nitrogens with two attached hydrogens (primary N) is 1. The van der Waals surface area contributed by atoms with Gasteiger partial charge in [-0.3, -0.25) is 0 Å². The lowest BCUT2D eigenvalue weighted by molar-refractivity contribution is -0.137. The highest BCUT2D eigenvalue weighted by molar-refractivity contribution is 5.91. The molecule has 0 aliphatic heterocycles. The van der Waals surface area contributed by atoms with E-state index in [2.05, 4.69) is 10.4 Å². The Morgan fingerprint density at radius 2 is 1.83 bits per heavy atom. The fourth-order valence-electron chi connectivity index (χ4n) is 2.95. The summed E-state index contributed by atoms with van der Waals surface area (Å²) in [5.74, 6) is 5.80. The Bertz CT molecular complexity index is 1160. The highest BCUT2D eigenvalue weighted by Crippen LogP contribution is 2.37. The van der Waals surface area contributed by atoms with E-state index in [-0.39, 0.29) is 28.3 Å². The van der Waals surface area contributed by atoms with Crippen molar-refractivity contribution in [2.75, 3.05) is 7.11 Å². The number of benzene rings is 2. The zero-order chi connectivity index (χ0) is 22.1. The third-order valence-electron chi connectivity index (χ3n) is 4.48. The van der Waals surface area contributed by atoms with Crippen molar-refractivity contribution in [2.45, 2.75) is 13.1 Å². The van der Waals surface area contributed by atoms with E-state index in [1.807, 2.05) is 0 Å². The fourth-order valence-corrected chi connectivity index (χ4v) is 2.95. The van der Waals surface area contributed by atoms with Crippen LogP contribution >= 0.6 is 0 Å². The molecule has 11 heteroatoms. The monoisotopic (exact) mass is 421 g/mol. The molecule has 0 bridgehead atoms. The Labute approximate surface area is 168 Å². The molecule has 3 rings (SSSR count). The summed E-state index contributed by atoms with van der Waals surface area (Å²) in [6.07, 6.45) is -4.51. The molecule has 0 atom stereocenters. The molecule has 2 N–H and O–H groups in total. The number of ether oxygens (including phenoxy) is 1. The molecule has 158 valence electrons. The lowest BCUT2D eigenvalue weighted by Crippen LogP contribution is -2.23. The van der Waals surface area contributed by atoms with E-state index in [0.29, 0.717) is 5.57 Å². The average molecular weight is 421 g/mol. The second-order valence-electron chi connectivity index (χ2n) is 6.30. The van der Waals surface area contributed by atoms with E-state index >= 15 is 0 Å². The van der Waals surface area contributed by atoms with Gasteiger partial charge in [0.15, 0.2) is 5.76 Å². The van der Waals surface area contributed by atoms with E-state index in [4.69, 9.17) is 15.5 Å². The number of hydrogen-bond acceptors (Lipinski definition) is 6. The third-order valence-corrected chi connectivity index (χ3v) is 4.48. The van der Waals surface area contributed by atoms with E-state index in [1.165, 1.54) is 26.3 Å². The summed E-state index contributed by atoms with van der Waals surface area (Å²) in [6, 6.07) is 9.50. The molecule has 0 unspecified atom stereocenters. The number of alkyl halides is 3. The van der Waals surface area contributed by atoms with Crippen molar-refractivity contribution in [1.82, 2.24) is 19.8 Å². The minimum absolute atomic E-state index is 0.0133. The summed E-state index contributed by atoms with van der Waals surface area (Å²) in [7, 11) is 2.82. The average Bonchev–Trinajstić information content (AvgIpc) is 3.06. The highest BCUT2D eigenvalue weighted by atomic mass is 19.4. The van der Waals surface area contributed by atoms with Gasteiger partial charge in [-0.15, -0.1) is 0 Å². The summed E-state index contributed by atoms with van der Waals surface area (Å²) in [4.78, 5) is 17.5. The second-order valence-corrected chi connectivity index (χ2v) is 6.30. The molecule has 0 radical (unpaired) electrons. The maximum atomic E-state index is 13.1. The molecule has 1 aromatic heterocycles. The summed E-state index contributed by atoms with van der Waals surface area (Å²) >= 11 is 0. The first-order chi connectivity index (χ1) is 14.2. The van der Waals surface area contributed by atoms with Crippen molar-refractivity contribution in [3.05, 3.63) is 69.6 Å².